The number of fused-ring (bicyclic) bond motifs is 1. The Labute approximate surface area is 242 Å². The van der Waals surface area contributed by atoms with E-state index in [1.54, 1.807) is 11.0 Å². The number of benzene rings is 3. The Kier molecular flexibility index (Phi) is 8.74. The molecule has 2 atom stereocenters. The normalized spacial score (nSPS) is 19.5. The van der Waals surface area contributed by atoms with Crippen molar-refractivity contribution in [1.82, 2.24) is 9.80 Å². The lowest BCUT2D eigenvalue weighted by molar-refractivity contribution is -0.140. The Morgan fingerprint density at radius 2 is 1.76 bits per heavy atom. The van der Waals surface area contributed by atoms with Crippen LogP contribution >= 0.6 is 0 Å². The number of aliphatic hydroxyl groups is 1. The molecular weight excluding hydrogens is 516 g/mol. The van der Waals surface area contributed by atoms with Gasteiger partial charge >= 0.3 is 0 Å². The Morgan fingerprint density at radius 1 is 1.02 bits per heavy atom. The number of carbonyl (C=O) groups is 2. The van der Waals surface area contributed by atoms with E-state index >= 15 is 0 Å². The quantitative estimate of drug-likeness (QED) is 0.185. The largest absolute Gasteiger partial charge is 0.507 e. The van der Waals surface area contributed by atoms with Gasteiger partial charge in [0.25, 0.3) is 11.7 Å². The maximum Gasteiger partial charge on any atom is 0.295 e. The molecule has 7 nitrogen and oxygen atoms in total. The molecule has 2 aliphatic rings. The third-order valence-corrected chi connectivity index (χ3v) is 7.92. The number of carbonyl (C=O) groups excluding carboxylic acids is 2. The molecule has 41 heavy (non-hydrogen) atoms. The number of ketones is 1. The van der Waals surface area contributed by atoms with Crippen LogP contribution < -0.4 is 9.47 Å². The molecule has 1 amide bonds. The van der Waals surface area contributed by atoms with Crippen molar-refractivity contribution in [1.29, 1.82) is 0 Å². The summed E-state index contributed by atoms with van der Waals surface area (Å²) in [5.41, 5.74) is 3.41. The van der Waals surface area contributed by atoms with E-state index in [-0.39, 0.29) is 17.4 Å². The van der Waals surface area contributed by atoms with Gasteiger partial charge in [-0.1, -0.05) is 56.3 Å². The molecule has 0 spiro atoms. The Balaban J connectivity index is 1.46. The molecule has 0 unspecified atom stereocenters. The van der Waals surface area contributed by atoms with Crippen LogP contribution in [0.1, 0.15) is 55.5 Å². The standard InChI is InChI=1S/C34H38N2O5/c1-4-35(5-2)18-9-19-36-31(25-12-15-28(16-13-25)40-22-24-10-7-6-8-11-24)30(33(38)34(36)39)32(37)26-14-17-29-27(21-26)20-23(3)41-29/h6-8,10-17,21,23,31,37H,4-5,9,18-20,22H2,1-3H3/b32-30+/t23-,31-/m1/s1. The molecule has 0 aromatic heterocycles. The SMILES string of the molecule is CCN(CC)CCCN1C(=O)C(=O)/C(=C(/O)c2ccc3c(c2)C[C@@H](C)O3)[C@H]1c1ccc(OCc2ccccc2)cc1. The van der Waals surface area contributed by atoms with Gasteiger partial charge in [-0.05, 0) is 80.0 Å². The summed E-state index contributed by atoms with van der Waals surface area (Å²) < 4.78 is 11.8. The Hall–Kier alpha value is -4.10. The zero-order valence-corrected chi connectivity index (χ0v) is 24.0. The maximum atomic E-state index is 13.5. The molecule has 0 bridgehead atoms. The molecule has 7 heteroatoms. The molecule has 3 aromatic carbocycles. The van der Waals surface area contributed by atoms with E-state index in [4.69, 9.17) is 9.47 Å². The van der Waals surface area contributed by atoms with Gasteiger partial charge in [0.15, 0.2) is 0 Å². The van der Waals surface area contributed by atoms with Crippen LogP contribution in [-0.4, -0.2) is 58.9 Å². The van der Waals surface area contributed by atoms with Crippen molar-refractivity contribution in [3.05, 3.63) is 101 Å². The van der Waals surface area contributed by atoms with E-state index in [0.717, 1.165) is 54.9 Å². The summed E-state index contributed by atoms with van der Waals surface area (Å²) in [6.45, 7) is 9.72. The van der Waals surface area contributed by atoms with E-state index < -0.39 is 17.7 Å². The highest BCUT2D eigenvalue weighted by atomic mass is 16.5. The first-order valence-electron chi connectivity index (χ1n) is 14.5. The number of likely N-dealkylation sites (tertiary alicyclic amines) is 1. The highest BCUT2D eigenvalue weighted by Crippen LogP contribution is 2.41. The minimum absolute atomic E-state index is 0.0569. The summed E-state index contributed by atoms with van der Waals surface area (Å²) in [5, 5.41) is 11.5. The Morgan fingerprint density at radius 3 is 2.46 bits per heavy atom. The molecular formula is C34H38N2O5. The van der Waals surface area contributed by atoms with Crippen LogP contribution in [0.2, 0.25) is 0 Å². The molecule has 1 fully saturated rings. The molecule has 0 aliphatic carbocycles. The van der Waals surface area contributed by atoms with Crippen molar-refractivity contribution in [2.24, 2.45) is 0 Å². The maximum absolute atomic E-state index is 13.5. The monoisotopic (exact) mass is 554 g/mol. The van der Waals surface area contributed by atoms with Gasteiger partial charge in [0.05, 0.1) is 11.6 Å². The summed E-state index contributed by atoms with van der Waals surface area (Å²) in [7, 11) is 0. The van der Waals surface area contributed by atoms with Crippen LogP contribution in [-0.2, 0) is 22.6 Å². The zero-order chi connectivity index (χ0) is 28.9. The Bertz CT molecular complexity index is 1410. The number of hydrogen-bond acceptors (Lipinski definition) is 6. The number of Topliss-reactive ketones (excluding diaryl/α,β-unsaturated/α-hetero) is 1. The van der Waals surface area contributed by atoms with Gasteiger partial charge in [0, 0.05) is 18.5 Å². The van der Waals surface area contributed by atoms with Crippen molar-refractivity contribution >= 4 is 17.4 Å². The first-order chi connectivity index (χ1) is 19.9. The fourth-order valence-electron chi connectivity index (χ4n) is 5.67. The smallest absolute Gasteiger partial charge is 0.295 e. The van der Waals surface area contributed by atoms with Gasteiger partial charge in [-0.2, -0.15) is 0 Å². The van der Waals surface area contributed by atoms with Crippen molar-refractivity contribution in [3.8, 4) is 11.5 Å². The highest BCUT2D eigenvalue weighted by Gasteiger charge is 2.46. The summed E-state index contributed by atoms with van der Waals surface area (Å²) in [4.78, 5) is 30.7. The van der Waals surface area contributed by atoms with Crippen LogP contribution in [0, 0.1) is 0 Å². The summed E-state index contributed by atoms with van der Waals surface area (Å²) >= 11 is 0. The first kappa shape index (κ1) is 28.4. The fraction of sp³-hybridized carbons (Fsp3) is 0.353. The van der Waals surface area contributed by atoms with E-state index in [2.05, 4.69) is 18.7 Å². The van der Waals surface area contributed by atoms with Crippen LogP contribution in [0.4, 0.5) is 0 Å². The third kappa shape index (κ3) is 6.15. The molecule has 5 rings (SSSR count). The number of nitrogens with zero attached hydrogens (tertiary/aromatic N) is 2. The first-order valence-corrected chi connectivity index (χ1v) is 14.5. The van der Waals surface area contributed by atoms with Gasteiger partial charge in [-0.25, -0.2) is 0 Å². The summed E-state index contributed by atoms with van der Waals surface area (Å²) in [5.74, 6) is 0.0622. The van der Waals surface area contributed by atoms with E-state index in [0.29, 0.717) is 24.5 Å². The average Bonchev–Trinajstić information content (AvgIpc) is 3.49. The summed E-state index contributed by atoms with van der Waals surface area (Å²) in [6.07, 6.45) is 1.50. The van der Waals surface area contributed by atoms with Gasteiger partial charge in [0.2, 0.25) is 0 Å². The van der Waals surface area contributed by atoms with Crippen molar-refractivity contribution in [2.45, 2.75) is 52.4 Å². The second-order valence-electron chi connectivity index (χ2n) is 10.7. The van der Waals surface area contributed by atoms with E-state index in [9.17, 15) is 14.7 Å². The van der Waals surface area contributed by atoms with Crippen LogP contribution in [0.15, 0.2) is 78.4 Å². The van der Waals surface area contributed by atoms with Gasteiger partial charge in [-0.3, -0.25) is 9.59 Å². The fourth-order valence-corrected chi connectivity index (χ4v) is 5.67. The molecule has 1 N–H and O–H groups in total. The average molecular weight is 555 g/mol. The van der Waals surface area contributed by atoms with Crippen molar-refractivity contribution in [3.63, 3.8) is 0 Å². The molecule has 1 saturated heterocycles. The lowest BCUT2D eigenvalue weighted by atomic mass is 9.94. The van der Waals surface area contributed by atoms with Gasteiger partial charge in [0.1, 0.15) is 30.0 Å². The summed E-state index contributed by atoms with van der Waals surface area (Å²) in [6, 6.07) is 22.1. The number of rotatable bonds is 11. The molecule has 3 aromatic rings. The number of hydrogen-bond donors (Lipinski definition) is 1. The zero-order valence-electron chi connectivity index (χ0n) is 24.0. The molecule has 0 saturated carbocycles. The van der Waals surface area contributed by atoms with Gasteiger partial charge in [-0.15, -0.1) is 0 Å². The minimum Gasteiger partial charge on any atom is -0.507 e. The second-order valence-corrected chi connectivity index (χ2v) is 10.7. The second kappa shape index (κ2) is 12.6. The van der Waals surface area contributed by atoms with Gasteiger partial charge < -0.3 is 24.4 Å². The van der Waals surface area contributed by atoms with E-state index in [1.807, 2.05) is 73.7 Å². The number of amides is 1. The predicted octanol–water partition coefficient (Wildman–Crippen LogP) is 5.74. The van der Waals surface area contributed by atoms with Crippen LogP contribution in [0.5, 0.6) is 11.5 Å². The third-order valence-electron chi connectivity index (χ3n) is 7.92. The van der Waals surface area contributed by atoms with Crippen LogP contribution in [0.25, 0.3) is 5.76 Å². The topological polar surface area (TPSA) is 79.3 Å². The van der Waals surface area contributed by atoms with Crippen molar-refractivity contribution in [2.75, 3.05) is 26.2 Å². The number of ether oxygens (including phenoxy) is 2. The minimum atomic E-state index is -0.696. The molecule has 214 valence electrons. The van der Waals surface area contributed by atoms with E-state index in [1.165, 1.54) is 0 Å². The highest BCUT2D eigenvalue weighted by molar-refractivity contribution is 6.46. The predicted molar refractivity (Wildman–Crippen MR) is 159 cm³/mol. The molecule has 0 radical (unpaired) electrons. The van der Waals surface area contributed by atoms with Crippen molar-refractivity contribution < 1.29 is 24.2 Å². The molecule has 2 heterocycles. The number of aliphatic hydroxyl groups excluding tert-OH is 1. The molecule has 2 aliphatic heterocycles. The lowest BCUT2D eigenvalue weighted by Gasteiger charge is -2.27. The van der Waals surface area contributed by atoms with Crippen LogP contribution in [0.3, 0.4) is 0 Å². The lowest BCUT2D eigenvalue weighted by Crippen LogP contribution is -2.33.